The van der Waals surface area contributed by atoms with Crippen LogP contribution < -0.4 is 16.0 Å². The molecule has 2 fully saturated rings. The number of aromatic nitrogens is 2. The quantitative estimate of drug-likeness (QED) is 0.634. The van der Waals surface area contributed by atoms with Crippen LogP contribution in [0.4, 0.5) is 5.82 Å². The second kappa shape index (κ2) is 7.00. The largest absolute Gasteiger partial charge is 0.365 e. The smallest absolute Gasteiger partial charge is 0.255 e. The van der Waals surface area contributed by atoms with Gasteiger partial charge in [-0.05, 0) is 23.6 Å². The van der Waals surface area contributed by atoms with Crippen LogP contribution in [0, 0.1) is 0 Å². The molecule has 9 nitrogen and oxygen atoms in total. The first-order valence-electron chi connectivity index (χ1n) is 9.85. The number of amides is 3. The maximum atomic E-state index is 12.7. The minimum atomic E-state index is -0.584. The number of hydrogen-bond acceptors (Lipinski definition) is 6. The van der Waals surface area contributed by atoms with Crippen LogP contribution in [-0.4, -0.2) is 51.5 Å². The summed E-state index contributed by atoms with van der Waals surface area (Å²) in [6, 6.07) is 7.54. The monoisotopic (exact) mass is 394 g/mol. The van der Waals surface area contributed by atoms with Crippen molar-refractivity contribution < 1.29 is 14.4 Å². The van der Waals surface area contributed by atoms with E-state index in [9.17, 15) is 14.4 Å². The standard InChI is InChI=1S/C20H22N6O3/c27-18-4-3-16(19(28)23-18)25-11-13-7-12(1-2-15(13)20(25)29)8-22-17-5-6-26(24-17)14-9-21-10-14/h1-2,5-7,14,16,21H,3-4,8-11H2,(H,22,24)(H,23,27,28). The molecule has 3 amide bonds. The third-order valence-corrected chi connectivity index (χ3v) is 5.80. The average Bonchev–Trinajstić information content (AvgIpc) is 3.23. The van der Waals surface area contributed by atoms with Crippen LogP contribution in [0.25, 0.3) is 0 Å². The summed E-state index contributed by atoms with van der Waals surface area (Å²) in [4.78, 5) is 37.8. The average molecular weight is 394 g/mol. The number of hydrogen-bond donors (Lipinski definition) is 3. The molecular weight excluding hydrogens is 372 g/mol. The Morgan fingerprint density at radius 1 is 1.17 bits per heavy atom. The topological polar surface area (TPSA) is 108 Å². The highest BCUT2D eigenvalue weighted by Crippen LogP contribution is 2.28. The summed E-state index contributed by atoms with van der Waals surface area (Å²) in [5.74, 6) is 0.00170. The van der Waals surface area contributed by atoms with Gasteiger partial charge in [-0.3, -0.25) is 24.4 Å². The maximum Gasteiger partial charge on any atom is 0.255 e. The number of carbonyl (C=O) groups is 3. The van der Waals surface area contributed by atoms with Crippen LogP contribution in [0.1, 0.15) is 40.4 Å². The highest BCUT2D eigenvalue weighted by Gasteiger charge is 2.39. The Balaban J connectivity index is 1.25. The number of benzene rings is 1. The van der Waals surface area contributed by atoms with E-state index < -0.39 is 6.04 Å². The predicted molar refractivity (Wildman–Crippen MR) is 104 cm³/mol. The van der Waals surface area contributed by atoms with E-state index in [4.69, 9.17) is 0 Å². The second-order valence-corrected chi connectivity index (χ2v) is 7.74. The first-order chi connectivity index (χ1) is 14.1. The Labute approximate surface area is 167 Å². The minimum absolute atomic E-state index is 0.151. The Hall–Kier alpha value is -3.20. The fourth-order valence-electron chi connectivity index (χ4n) is 4.03. The molecule has 5 rings (SSSR count). The van der Waals surface area contributed by atoms with Crippen molar-refractivity contribution in [1.29, 1.82) is 0 Å². The Morgan fingerprint density at radius 3 is 2.79 bits per heavy atom. The van der Waals surface area contributed by atoms with Gasteiger partial charge in [-0.2, -0.15) is 5.10 Å². The summed E-state index contributed by atoms with van der Waals surface area (Å²) in [5, 5.41) is 13.4. The lowest BCUT2D eigenvalue weighted by Gasteiger charge is -2.29. The molecule has 29 heavy (non-hydrogen) atoms. The van der Waals surface area contributed by atoms with Gasteiger partial charge < -0.3 is 15.5 Å². The van der Waals surface area contributed by atoms with Gasteiger partial charge in [-0.1, -0.05) is 12.1 Å². The molecule has 2 saturated heterocycles. The van der Waals surface area contributed by atoms with Gasteiger partial charge in [0.25, 0.3) is 5.91 Å². The SMILES string of the molecule is O=C1CCC(N2Cc3cc(CNc4ccn(C5CNC5)n4)ccc3C2=O)C(=O)N1. The third kappa shape index (κ3) is 3.27. The molecule has 9 heteroatoms. The first-order valence-corrected chi connectivity index (χ1v) is 9.85. The van der Waals surface area contributed by atoms with Crippen molar-refractivity contribution in [2.45, 2.75) is 38.0 Å². The molecule has 0 radical (unpaired) electrons. The number of anilines is 1. The molecule has 0 aliphatic carbocycles. The van der Waals surface area contributed by atoms with E-state index in [-0.39, 0.29) is 24.1 Å². The van der Waals surface area contributed by atoms with Crippen LogP contribution >= 0.6 is 0 Å². The van der Waals surface area contributed by atoms with Gasteiger partial charge in [0.05, 0.1) is 6.04 Å². The van der Waals surface area contributed by atoms with E-state index in [2.05, 4.69) is 21.0 Å². The molecule has 4 heterocycles. The molecule has 1 aromatic heterocycles. The predicted octanol–water partition coefficient (Wildman–Crippen LogP) is 0.401. The molecule has 150 valence electrons. The summed E-state index contributed by atoms with van der Waals surface area (Å²) in [6.45, 7) is 2.88. The number of piperidine rings is 1. The molecule has 3 aliphatic heterocycles. The van der Waals surface area contributed by atoms with Crippen molar-refractivity contribution in [3.63, 3.8) is 0 Å². The van der Waals surface area contributed by atoms with E-state index >= 15 is 0 Å². The van der Waals surface area contributed by atoms with Gasteiger partial charge >= 0.3 is 0 Å². The van der Waals surface area contributed by atoms with Crippen molar-refractivity contribution in [3.05, 3.63) is 47.2 Å². The van der Waals surface area contributed by atoms with Gasteiger partial charge in [0.1, 0.15) is 11.9 Å². The number of imide groups is 1. The van der Waals surface area contributed by atoms with E-state index in [1.165, 1.54) is 0 Å². The summed E-state index contributed by atoms with van der Waals surface area (Å²) >= 11 is 0. The van der Waals surface area contributed by atoms with Gasteiger partial charge in [-0.15, -0.1) is 0 Å². The summed E-state index contributed by atoms with van der Waals surface area (Å²) in [5.41, 5.74) is 2.58. The minimum Gasteiger partial charge on any atom is -0.365 e. The van der Waals surface area contributed by atoms with Crippen LogP contribution in [0.15, 0.2) is 30.5 Å². The highest BCUT2D eigenvalue weighted by atomic mass is 16.2. The van der Waals surface area contributed by atoms with Crippen molar-refractivity contribution in [2.75, 3.05) is 18.4 Å². The van der Waals surface area contributed by atoms with E-state index in [0.29, 0.717) is 31.1 Å². The van der Waals surface area contributed by atoms with Crippen LogP contribution in [0.5, 0.6) is 0 Å². The molecule has 3 N–H and O–H groups in total. The van der Waals surface area contributed by atoms with Crippen LogP contribution in [0.3, 0.4) is 0 Å². The van der Waals surface area contributed by atoms with Crippen LogP contribution in [-0.2, 0) is 22.7 Å². The Bertz CT molecular complexity index is 996. The van der Waals surface area contributed by atoms with E-state index in [0.717, 1.165) is 30.0 Å². The third-order valence-electron chi connectivity index (χ3n) is 5.80. The normalized spacial score (nSPS) is 21.7. The number of nitrogens with zero attached hydrogens (tertiary/aromatic N) is 3. The van der Waals surface area contributed by atoms with Crippen molar-refractivity contribution in [2.24, 2.45) is 0 Å². The summed E-state index contributed by atoms with van der Waals surface area (Å²) in [6.07, 6.45) is 2.61. The van der Waals surface area contributed by atoms with Crippen molar-refractivity contribution in [3.8, 4) is 0 Å². The Morgan fingerprint density at radius 2 is 2.03 bits per heavy atom. The molecule has 0 saturated carbocycles. The zero-order valence-electron chi connectivity index (χ0n) is 15.9. The van der Waals surface area contributed by atoms with Crippen molar-refractivity contribution in [1.82, 2.24) is 25.3 Å². The Kier molecular flexibility index (Phi) is 4.31. The van der Waals surface area contributed by atoms with Gasteiger partial charge in [-0.25, -0.2) is 0 Å². The zero-order valence-corrected chi connectivity index (χ0v) is 15.9. The van der Waals surface area contributed by atoms with Gasteiger partial charge in [0.15, 0.2) is 0 Å². The van der Waals surface area contributed by atoms with E-state index in [1.54, 1.807) is 4.90 Å². The number of nitrogens with one attached hydrogen (secondary N) is 3. The first kappa shape index (κ1) is 17.9. The van der Waals surface area contributed by atoms with Gasteiger partial charge in [0, 0.05) is 50.4 Å². The fraction of sp³-hybridized carbons (Fsp3) is 0.400. The molecule has 0 bridgehead atoms. The maximum absolute atomic E-state index is 12.7. The lowest BCUT2D eigenvalue weighted by molar-refractivity contribution is -0.136. The van der Waals surface area contributed by atoms with E-state index in [1.807, 2.05) is 35.1 Å². The molecular formula is C20H22N6O3. The lowest BCUT2D eigenvalue weighted by atomic mass is 10.0. The summed E-state index contributed by atoms with van der Waals surface area (Å²) < 4.78 is 1.97. The molecule has 1 unspecified atom stereocenters. The zero-order chi connectivity index (χ0) is 20.0. The highest BCUT2D eigenvalue weighted by molar-refractivity contribution is 6.05. The van der Waals surface area contributed by atoms with Crippen LogP contribution in [0.2, 0.25) is 0 Å². The number of fused-ring (bicyclic) bond motifs is 1. The number of rotatable bonds is 5. The molecule has 0 spiro atoms. The van der Waals surface area contributed by atoms with Gasteiger partial charge in [0.2, 0.25) is 11.8 Å². The molecule has 1 aromatic carbocycles. The number of carbonyl (C=O) groups excluding carboxylic acids is 3. The summed E-state index contributed by atoms with van der Waals surface area (Å²) in [7, 11) is 0. The second-order valence-electron chi connectivity index (χ2n) is 7.74. The van der Waals surface area contributed by atoms with Crippen molar-refractivity contribution >= 4 is 23.5 Å². The molecule has 1 atom stereocenters. The molecule has 2 aromatic rings. The fourth-order valence-corrected chi connectivity index (χ4v) is 4.03. The molecule has 3 aliphatic rings. The lowest BCUT2D eigenvalue weighted by Crippen LogP contribution is -2.52.